The maximum absolute atomic E-state index is 12.7. The van der Waals surface area contributed by atoms with Gasteiger partial charge in [-0.15, -0.1) is 0 Å². The van der Waals surface area contributed by atoms with E-state index in [1.54, 1.807) is 0 Å². The maximum Gasteiger partial charge on any atom is 0.335 e. The SMILES string of the molecule is COc1ccc(C(=O)O)cc1S(=O)(=O)N1CCCC1C. The van der Waals surface area contributed by atoms with Crippen molar-refractivity contribution in [2.45, 2.75) is 30.7 Å². The summed E-state index contributed by atoms with van der Waals surface area (Å²) in [4.78, 5) is 10.9. The Labute approximate surface area is 118 Å². The van der Waals surface area contributed by atoms with Gasteiger partial charge in [0.05, 0.1) is 12.7 Å². The van der Waals surface area contributed by atoms with Crippen molar-refractivity contribution in [3.05, 3.63) is 23.8 Å². The van der Waals surface area contributed by atoms with Crippen LogP contribution in [0.4, 0.5) is 0 Å². The Morgan fingerprint density at radius 2 is 2.15 bits per heavy atom. The second-order valence-corrected chi connectivity index (χ2v) is 6.64. The van der Waals surface area contributed by atoms with Gasteiger partial charge in [-0.2, -0.15) is 4.31 Å². The van der Waals surface area contributed by atoms with Crippen LogP contribution in [0.2, 0.25) is 0 Å². The number of sulfonamides is 1. The van der Waals surface area contributed by atoms with Crippen molar-refractivity contribution in [2.75, 3.05) is 13.7 Å². The van der Waals surface area contributed by atoms with Crippen LogP contribution in [-0.2, 0) is 10.0 Å². The summed E-state index contributed by atoms with van der Waals surface area (Å²) >= 11 is 0. The van der Waals surface area contributed by atoms with Crippen molar-refractivity contribution < 1.29 is 23.1 Å². The summed E-state index contributed by atoms with van der Waals surface area (Å²) in [6.45, 7) is 2.29. The van der Waals surface area contributed by atoms with Gasteiger partial charge in [0.1, 0.15) is 10.6 Å². The lowest BCUT2D eigenvalue weighted by Gasteiger charge is -2.22. The fourth-order valence-electron chi connectivity index (χ4n) is 2.40. The molecule has 0 bridgehead atoms. The summed E-state index contributed by atoms with van der Waals surface area (Å²) in [7, 11) is -2.38. The molecule has 0 spiro atoms. The second kappa shape index (κ2) is 5.41. The van der Waals surface area contributed by atoms with Crippen molar-refractivity contribution in [3.63, 3.8) is 0 Å². The van der Waals surface area contributed by atoms with Crippen LogP contribution in [0.5, 0.6) is 5.75 Å². The Bertz CT molecular complexity index is 626. The van der Waals surface area contributed by atoms with Gasteiger partial charge < -0.3 is 9.84 Å². The number of ether oxygens (including phenoxy) is 1. The van der Waals surface area contributed by atoms with Crippen LogP contribution in [0, 0.1) is 0 Å². The Morgan fingerprint density at radius 1 is 1.45 bits per heavy atom. The molecule has 0 saturated carbocycles. The lowest BCUT2D eigenvalue weighted by molar-refractivity contribution is 0.0696. The van der Waals surface area contributed by atoms with E-state index in [1.165, 1.54) is 23.5 Å². The number of aromatic carboxylic acids is 1. The number of hydrogen-bond acceptors (Lipinski definition) is 4. The van der Waals surface area contributed by atoms with Gasteiger partial charge in [0.2, 0.25) is 10.0 Å². The van der Waals surface area contributed by atoms with Crippen molar-refractivity contribution in [3.8, 4) is 5.75 Å². The molecule has 1 heterocycles. The molecule has 1 aliphatic rings. The third kappa shape index (κ3) is 2.51. The van der Waals surface area contributed by atoms with E-state index in [9.17, 15) is 13.2 Å². The van der Waals surface area contributed by atoms with Crippen molar-refractivity contribution in [1.82, 2.24) is 4.31 Å². The minimum Gasteiger partial charge on any atom is -0.495 e. The molecule has 0 radical (unpaired) electrons. The van der Waals surface area contributed by atoms with Crippen LogP contribution in [0.1, 0.15) is 30.1 Å². The summed E-state index contributed by atoms with van der Waals surface area (Å²) < 4.78 is 31.8. The zero-order valence-electron chi connectivity index (χ0n) is 11.4. The van der Waals surface area contributed by atoms with Crippen molar-refractivity contribution in [1.29, 1.82) is 0 Å². The fraction of sp³-hybridized carbons (Fsp3) is 0.462. The molecular formula is C13H17NO5S. The molecule has 7 heteroatoms. The van der Waals surface area contributed by atoms with Gasteiger partial charge in [0.25, 0.3) is 0 Å². The van der Waals surface area contributed by atoms with Crippen molar-refractivity contribution in [2.24, 2.45) is 0 Å². The summed E-state index contributed by atoms with van der Waals surface area (Å²) in [5.74, 6) is -1.01. The van der Waals surface area contributed by atoms with E-state index in [0.717, 1.165) is 18.9 Å². The molecule has 1 aromatic carbocycles. The van der Waals surface area contributed by atoms with Gasteiger partial charge in [0.15, 0.2) is 0 Å². The first-order valence-corrected chi connectivity index (χ1v) is 7.75. The summed E-state index contributed by atoms with van der Waals surface area (Å²) in [5, 5.41) is 9.01. The molecule has 0 aromatic heterocycles. The Kier molecular flexibility index (Phi) is 4.01. The smallest absolute Gasteiger partial charge is 0.335 e. The molecule has 110 valence electrons. The van der Waals surface area contributed by atoms with E-state index in [4.69, 9.17) is 9.84 Å². The number of benzene rings is 1. The molecule has 20 heavy (non-hydrogen) atoms. The zero-order chi connectivity index (χ0) is 14.9. The molecule has 1 aliphatic heterocycles. The quantitative estimate of drug-likeness (QED) is 0.912. The largest absolute Gasteiger partial charge is 0.495 e. The number of carboxylic acids is 1. The molecule has 1 saturated heterocycles. The molecular weight excluding hydrogens is 282 g/mol. The lowest BCUT2D eigenvalue weighted by Crippen LogP contribution is -2.34. The average molecular weight is 299 g/mol. The first kappa shape index (κ1) is 14.8. The minimum atomic E-state index is -3.74. The minimum absolute atomic E-state index is 0.0729. The summed E-state index contributed by atoms with van der Waals surface area (Å²) in [6.07, 6.45) is 1.61. The van der Waals surface area contributed by atoms with E-state index in [0.29, 0.717) is 6.54 Å². The number of carbonyl (C=O) groups is 1. The third-order valence-corrected chi connectivity index (χ3v) is 5.52. The van der Waals surface area contributed by atoms with Crippen LogP contribution in [-0.4, -0.2) is 43.5 Å². The average Bonchev–Trinajstić information content (AvgIpc) is 2.84. The maximum atomic E-state index is 12.7. The van der Waals surface area contributed by atoms with Crippen LogP contribution in [0.25, 0.3) is 0 Å². The van der Waals surface area contributed by atoms with Crippen LogP contribution in [0.3, 0.4) is 0 Å². The van der Waals surface area contributed by atoms with Crippen LogP contribution >= 0.6 is 0 Å². The Hall–Kier alpha value is -1.60. The van der Waals surface area contributed by atoms with Gasteiger partial charge in [0, 0.05) is 12.6 Å². The van der Waals surface area contributed by atoms with E-state index in [2.05, 4.69) is 0 Å². The fourth-order valence-corrected chi connectivity index (χ4v) is 4.28. The Morgan fingerprint density at radius 3 is 2.65 bits per heavy atom. The molecule has 1 fully saturated rings. The van der Waals surface area contributed by atoms with E-state index >= 15 is 0 Å². The molecule has 1 aromatic rings. The molecule has 0 amide bonds. The first-order valence-electron chi connectivity index (χ1n) is 6.31. The van der Waals surface area contributed by atoms with Gasteiger partial charge >= 0.3 is 5.97 Å². The van der Waals surface area contributed by atoms with E-state index < -0.39 is 16.0 Å². The predicted octanol–water partition coefficient (Wildman–Crippen LogP) is 1.57. The van der Waals surface area contributed by atoms with Crippen LogP contribution < -0.4 is 4.74 Å². The summed E-state index contributed by atoms with van der Waals surface area (Å²) in [5.41, 5.74) is -0.0729. The zero-order valence-corrected chi connectivity index (χ0v) is 12.2. The number of rotatable bonds is 4. The summed E-state index contributed by atoms with van der Waals surface area (Å²) in [6, 6.07) is 3.77. The number of nitrogens with zero attached hydrogens (tertiary/aromatic N) is 1. The molecule has 6 nitrogen and oxygen atoms in total. The normalized spacial score (nSPS) is 20.0. The molecule has 1 atom stereocenters. The highest BCUT2D eigenvalue weighted by Gasteiger charge is 2.34. The number of carboxylic acid groups (broad SMARTS) is 1. The van der Waals surface area contributed by atoms with Crippen LogP contribution in [0.15, 0.2) is 23.1 Å². The molecule has 1 N–H and O–H groups in total. The lowest BCUT2D eigenvalue weighted by atomic mass is 10.2. The van der Waals surface area contributed by atoms with E-state index in [-0.39, 0.29) is 22.3 Å². The number of hydrogen-bond donors (Lipinski definition) is 1. The number of methoxy groups -OCH3 is 1. The highest BCUT2D eigenvalue weighted by Crippen LogP contribution is 2.32. The highest BCUT2D eigenvalue weighted by molar-refractivity contribution is 7.89. The topological polar surface area (TPSA) is 83.9 Å². The molecule has 1 unspecified atom stereocenters. The van der Waals surface area contributed by atoms with Gasteiger partial charge in [-0.1, -0.05) is 0 Å². The van der Waals surface area contributed by atoms with E-state index in [1.807, 2.05) is 6.92 Å². The highest BCUT2D eigenvalue weighted by atomic mass is 32.2. The monoisotopic (exact) mass is 299 g/mol. The predicted molar refractivity (Wildman–Crippen MR) is 72.5 cm³/mol. The standard InChI is InChI=1S/C13H17NO5S/c1-9-4-3-7-14(9)20(17,18)12-8-10(13(15)16)5-6-11(12)19-2/h5-6,8-9H,3-4,7H2,1-2H3,(H,15,16). The molecule has 2 rings (SSSR count). The van der Waals surface area contributed by atoms with Crippen molar-refractivity contribution >= 4 is 16.0 Å². The first-order chi connectivity index (χ1) is 9.37. The van der Waals surface area contributed by atoms with Gasteiger partial charge in [-0.05, 0) is 38.0 Å². The second-order valence-electron chi connectivity index (χ2n) is 4.78. The third-order valence-electron chi connectivity index (χ3n) is 3.49. The molecule has 0 aliphatic carbocycles. The van der Waals surface area contributed by atoms with Gasteiger partial charge in [-0.3, -0.25) is 0 Å². The van der Waals surface area contributed by atoms with Gasteiger partial charge in [-0.25, -0.2) is 13.2 Å². The Balaban J connectivity index is 2.54.